The van der Waals surface area contributed by atoms with Gasteiger partial charge in [0.2, 0.25) is 0 Å². The van der Waals surface area contributed by atoms with E-state index in [1.54, 1.807) is 36.2 Å². The lowest BCUT2D eigenvalue weighted by atomic mass is 10.2. The summed E-state index contributed by atoms with van der Waals surface area (Å²) in [5, 5.41) is 0. The van der Waals surface area contributed by atoms with E-state index in [0.29, 0.717) is 24.4 Å². The average Bonchev–Trinajstić information content (AvgIpc) is 2.49. The van der Waals surface area contributed by atoms with Crippen LogP contribution in [0.4, 0.5) is 5.69 Å². The molecule has 0 saturated heterocycles. The summed E-state index contributed by atoms with van der Waals surface area (Å²) in [7, 11) is 1.75. The fraction of sp³-hybridized carbons (Fsp3) is 0.188. The van der Waals surface area contributed by atoms with Gasteiger partial charge in [0.25, 0.3) is 5.91 Å². The molecular weight excluding hydrogens is 332 g/mol. The van der Waals surface area contributed by atoms with Crippen LogP contribution in [-0.2, 0) is 0 Å². The molecule has 1 amide bonds. The van der Waals surface area contributed by atoms with Gasteiger partial charge >= 0.3 is 0 Å². The Morgan fingerprint density at radius 1 is 1.14 bits per heavy atom. The molecule has 0 spiro atoms. The minimum absolute atomic E-state index is 0.0468. The Bertz CT molecular complexity index is 597. The number of amides is 1. The lowest BCUT2D eigenvalue weighted by molar-refractivity contribution is 0.0774. The highest BCUT2D eigenvalue weighted by Gasteiger charge is 2.11. The highest BCUT2D eigenvalue weighted by atomic mass is 79.9. The zero-order valence-corrected chi connectivity index (χ0v) is 13.3. The molecule has 2 aromatic rings. The van der Waals surface area contributed by atoms with E-state index in [1.807, 2.05) is 24.3 Å². The molecule has 0 atom stereocenters. The Labute approximate surface area is 132 Å². The third kappa shape index (κ3) is 4.49. The number of anilines is 1. The summed E-state index contributed by atoms with van der Waals surface area (Å²) in [4.78, 5) is 13.8. The van der Waals surface area contributed by atoms with Crippen LogP contribution in [0.25, 0.3) is 0 Å². The maximum atomic E-state index is 12.2. The van der Waals surface area contributed by atoms with Gasteiger partial charge in [-0.3, -0.25) is 4.79 Å². The van der Waals surface area contributed by atoms with E-state index in [2.05, 4.69) is 15.9 Å². The second-order valence-electron chi connectivity index (χ2n) is 4.65. The fourth-order valence-corrected chi connectivity index (χ4v) is 2.04. The predicted molar refractivity (Wildman–Crippen MR) is 87.5 cm³/mol. The zero-order valence-electron chi connectivity index (χ0n) is 11.8. The number of carbonyl (C=O) groups is 1. The first-order chi connectivity index (χ1) is 10.1. The molecule has 0 aliphatic heterocycles. The molecule has 0 heterocycles. The van der Waals surface area contributed by atoms with Crippen LogP contribution in [0, 0.1) is 0 Å². The van der Waals surface area contributed by atoms with Crippen molar-refractivity contribution in [3.63, 3.8) is 0 Å². The molecule has 0 aliphatic rings. The van der Waals surface area contributed by atoms with E-state index in [4.69, 9.17) is 10.5 Å². The molecule has 0 aliphatic carbocycles. The summed E-state index contributed by atoms with van der Waals surface area (Å²) in [6.07, 6.45) is 0. The molecule has 0 unspecified atom stereocenters. The van der Waals surface area contributed by atoms with Gasteiger partial charge in [0.1, 0.15) is 12.4 Å². The maximum Gasteiger partial charge on any atom is 0.253 e. The van der Waals surface area contributed by atoms with Crippen LogP contribution in [0.3, 0.4) is 0 Å². The van der Waals surface area contributed by atoms with E-state index >= 15 is 0 Å². The van der Waals surface area contributed by atoms with Crippen molar-refractivity contribution in [1.29, 1.82) is 0 Å². The number of nitrogen functional groups attached to an aromatic ring is 1. The standard InChI is InChI=1S/C16H17BrN2O2/c1-19(16(20)12-2-6-14(18)7-3-12)10-11-21-15-8-4-13(17)5-9-15/h2-9H,10-11,18H2,1H3. The van der Waals surface area contributed by atoms with Crippen LogP contribution in [0.1, 0.15) is 10.4 Å². The van der Waals surface area contributed by atoms with Crippen LogP contribution in [0.5, 0.6) is 5.75 Å². The quantitative estimate of drug-likeness (QED) is 0.844. The fourth-order valence-electron chi connectivity index (χ4n) is 1.78. The Balaban J connectivity index is 1.83. The first-order valence-electron chi connectivity index (χ1n) is 6.55. The second kappa shape index (κ2) is 7.13. The number of rotatable bonds is 5. The smallest absolute Gasteiger partial charge is 0.253 e. The van der Waals surface area contributed by atoms with Gasteiger partial charge in [0.15, 0.2) is 0 Å². The van der Waals surface area contributed by atoms with Crippen molar-refractivity contribution >= 4 is 27.5 Å². The predicted octanol–water partition coefficient (Wildman–Crippen LogP) is 3.18. The van der Waals surface area contributed by atoms with Gasteiger partial charge in [-0.25, -0.2) is 0 Å². The number of likely N-dealkylation sites (N-methyl/N-ethyl adjacent to an activating group) is 1. The summed E-state index contributed by atoms with van der Waals surface area (Å²) >= 11 is 3.37. The van der Waals surface area contributed by atoms with Crippen molar-refractivity contribution in [2.24, 2.45) is 0 Å². The number of hydrogen-bond acceptors (Lipinski definition) is 3. The molecule has 110 valence electrons. The van der Waals surface area contributed by atoms with Crippen molar-refractivity contribution in [2.75, 3.05) is 25.9 Å². The molecule has 0 saturated carbocycles. The van der Waals surface area contributed by atoms with Gasteiger partial charge < -0.3 is 15.4 Å². The molecule has 0 fully saturated rings. The molecule has 0 bridgehead atoms. The van der Waals surface area contributed by atoms with Gasteiger partial charge in [0, 0.05) is 22.8 Å². The average molecular weight is 349 g/mol. The monoisotopic (exact) mass is 348 g/mol. The molecule has 5 heteroatoms. The molecule has 0 radical (unpaired) electrons. The van der Waals surface area contributed by atoms with E-state index in [-0.39, 0.29) is 5.91 Å². The van der Waals surface area contributed by atoms with Gasteiger partial charge in [-0.2, -0.15) is 0 Å². The summed E-state index contributed by atoms with van der Waals surface area (Å²) in [6, 6.07) is 14.5. The van der Waals surface area contributed by atoms with Crippen LogP contribution in [-0.4, -0.2) is 31.0 Å². The Morgan fingerprint density at radius 3 is 2.38 bits per heavy atom. The summed E-state index contributed by atoms with van der Waals surface area (Å²) in [5.41, 5.74) is 6.88. The Kier molecular flexibility index (Phi) is 5.22. The lowest BCUT2D eigenvalue weighted by Crippen LogP contribution is -2.30. The second-order valence-corrected chi connectivity index (χ2v) is 5.57. The molecule has 2 rings (SSSR count). The topological polar surface area (TPSA) is 55.6 Å². The first-order valence-corrected chi connectivity index (χ1v) is 7.35. The van der Waals surface area contributed by atoms with E-state index < -0.39 is 0 Å². The van der Waals surface area contributed by atoms with Gasteiger partial charge in [-0.1, -0.05) is 15.9 Å². The summed E-state index contributed by atoms with van der Waals surface area (Å²) in [5.74, 6) is 0.737. The number of halogens is 1. The van der Waals surface area contributed by atoms with Crippen LogP contribution in [0.2, 0.25) is 0 Å². The zero-order chi connectivity index (χ0) is 15.2. The highest BCUT2D eigenvalue weighted by molar-refractivity contribution is 9.10. The molecule has 2 aromatic carbocycles. The van der Waals surface area contributed by atoms with Crippen LogP contribution >= 0.6 is 15.9 Å². The maximum absolute atomic E-state index is 12.2. The van der Waals surface area contributed by atoms with Crippen molar-refractivity contribution in [2.45, 2.75) is 0 Å². The summed E-state index contributed by atoms with van der Waals surface area (Å²) in [6.45, 7) is 0.956. The van der Waals surface area contributed by atoms with Crippen molar-refractivity contribution in [1.82, 2.24) is 4.90 Å². The number of ether oxygens (including phenoxy) is 1. The van der Waals surface area contributed by atoms with E-state index in [9.17, 15) is 4.79 Å². The third-order valence-corrected chi connectivity index (χ3v) is 3.54. The number of nitrogens with two attached hydrogens (primary N) is 1. The number of hydrogen-bond donors (Lipinski definition) is 1. The minimum Gasteiger partial charge on any atom is -0.492 e. The SMILES string of the molecule is CN(CCOc1ccc(Br)cc1)C(=O)c1ccc(N)cc1. The molecule has 21 heavy (non-hydrogen) atoms. The van der Waals surface area contributed by atoms with Crippen molar-refractivity contribution < 1.29 is 9.53 Å². The van der Waals surface area contributed by atoms with Crippen molar-refractivity contribution in [3.05, 3.63) is 58.6 Å². The number of benzene rings is 2. The Morgan fingerprint density at radius 2 is 1.76 bits per heavy atom. The molecule has 0 aromatic heterocycles. The van der Waals surface area contributed by atoms with E-state index in [1.165, 1.54) is 0 Å². The van der Waals surface area contributed by atoms with E-state index in [0.717, 1.165) is 10.2 Å². The van der Waals surface area contributed by atoms with Crippen LogP contribution in [0.15, 0.2) is 53.0 Å². The third-order valence-electron chi connectivity index (χ3n) is 3.01. The molecule has 4 nitrogen and oxygen atoms in total. The lowest BCUT2D eigenvalue weighted by Gasteiger charge is -2.17. The van der Waals surface area contributed by atoms with Gasteiger partial charge in [0.05, 0.1) is 6.54 Å². The number of nitrogens with zero attached hydrogens (tertiary/aromatic N) is 1. The van der Waals surface area contributed by atoms with Crippen LogP contribution < -0.4 is 10.5 Å². The Hall–Kier alpha value is -2.01. The molecular formula is C16H17BrN2O2. The normalized spacial score (nSPS) is 10.2. The van der Waals surface area contributed by atoms with Gasteiger partial charge in [-0.15, -0.1) is 0 Å². The highest BCUT2D eigenvalue weighted by Crippen LogP contribution is 2.16. The first kappa shape index (κ1) is 15.4. The van der Waals surface area contributed by atoms with Gasteiger partial charge in [-0.05, 0) is 48.5 Å². The minimum atomic E-state index is -0.0468. The molecule has 2 N–H and O–H groups in total. The largest absolute Gasteiger partial charge is 0.492 e. The summed E-state index contributed by atoms with van der Waals surface area (Å²) < 4.78 is 6.61. The number of carbonyl (C=O) groups excluding carboxylic acids is 1. The van der Waals surface area contributed by atoms with Crippen molar-refractivity contribution in [3.8, 4) is 5.75 Å².